The molecule has 23 heavy (non-hydrogen) atoms. The van der Waals surface area contributed by atoms with Crippen LogP contribution in [0.25, 0.3) is 0 Å². The van der Waals surface area contributed by atoms with Gasteiger partial charge in [0, 0.05) is 11.7 Å². The SMILES string of the molecule is CCCN(C1CCS(=O)(=O)CC1)[C@H](C)C(=O)Nc1ccccc1. The van der Waals surface area contributed by atoms with E-state index in [1.165, 1.54) is 0 Å². The van der Waals surface area contributed by atoms with Crippen LogP contribution < -0.4 is 5.32 Å². The molecule has 1 amide bonds. The molecule has 1 aliphatic heterocycles. The van der Waals surface area contributed by atoms with E-state index < -0.39 is 9.84 Å². The molecular formula is C17H26N2O3S. The van der Waals surface area contributed by atoms with Crippen molar-refractivity contribution in [3.05, 3.63) is 30.3 Å². The minimum absolute atomic E-state index is 0.0434. The predicted molar refractivity (Wildman–Crippen MR) is 93.2 cm³/mol. The third-order valence-electron chi connectivity index (χ3n) is 4.39. The molecular weight excluding hydrogens is 312 g/mol. The number of benzene rings is 1. The van der Waals surface area contributed by atoms with Gasteiger partial charge in [0.05, 0.1) is 17.5 Å². The molecule has 1 aromatic carbocycles. The quantitative estimate of drug-likeness (QED) is 0.864. The Morgan fingerprint density at radius 1 is 1.26 bits per heavy atom. The van der Waals surface area contributed by atoms with E-state index >= 15 is 0 Å². The molecule has 1 atom stereocenters. The van der Waals surface area contributed by atoms with Crippen LogP contribution in [-0.2, 0) is 14.6 Å². The van der Waals surface area contributed by atoms with Gasteiger partial charge in [-0.2, -0.15) is 0 Å². The monoisotopic (exact) mass is 338 g/mol. The molecule has 128 valence electrons. The summed E-state index contributed by atoms with van der Waals surface area (Å²) < 4.78 is 23.2. The van der Waals surface area contributed by atoms with Crippen LogP contribution in [0.5, 0.6) is 0 Å². The number of amides is 1. The highest BCUT2D eigenvalue weighted by Crippen LogP contribution is 2.21. The second-order valence-electron chi connectivity index (χ2n) is 6.15. The summed E-state index contributed by atoms with van der Waals surface area (Å²) in [7, 11) is -2.89. The van der Waals surface area contributed by atoms with Gasteiger partial charge in [0.1, 0.15) is 9.84 Å². The molecule has 1 aliphatic rings. The summed E-state index contributed by atoms with van der Waals surface area (Å²) >= 11 is 0. The number of hydrogen-bond acceptors (Lipinski definition) is 4. The maximum Gasteiger partial charge on any atom is 0.241 e. The lowest BCUT2D eigenvalue weighted by molar-refractivity contribution is -0.121. The van der Waals surface area contributed by atoms with Crippen molar-refractivity contribution in [2.75, 3.05) is 23.4 Å². The minimum atomic E-state index is -2.89. The fourth-order valence-electron chi connectivity index (χ4n) is 3.08. The van der Waals surface area contributed by atoms with Gasteiger partial charge in [-0.1, -0.05) is 25.1 Å². The average Bonchev–Trinajstić information content (AvgIpc) is 2.53. The zero-order valence-electron chi connectivity index (χ0n) is 13.9. The number of para-hydroxylation sites is 1. The number of nitrogens with zero attached hydrogens (tertiary/aromatic N) is 1. The Morgan fingerprint density at radius 2 is 1.87 bits per heavy atom. The van der Waals surface area contributed by atoms with Gasteiger partial charge < -0.3 is 5.32 Å². The highest BCUT2D eigenvalue weighted by molar-refractivity contribution is 7.91. The van der Waals surface area contributed by atoms with E-state index in [9.17, 15) is 13.2 Å². The lowest BCUT2D eigenvalue weighted by Gasteiger charge is -2.37. The van der Waals surface area contributed by atoms with Crippen molar-refractivity contribution in [3.63, 3.8) is 0 Å². The Hall–Kier alpha value is -1.40. The molecule has 0 aromatic heterocycles. The first-order chi connectivity index (χ1) is 10.9. The molecule has 2 rings (SSSR count). The van der Waals surface area contributed by atoms with E-state index in [0.29, 0.717) is 12.8 Å². The number of hydrogen-bond donors (Lipinski definition) is 1. The molecule has 1 N–H and O–H groups in total. The Morgan fingerprint density at radius 3 is 2.43 bits per heavy atom. The normalized spacial score (nSPS) is 19.4. The van der Waals surface area contributed by atoms with Crippen molar-refractivity contribution in [1.29, 1.82) is 0 Å². The molecule has 0 aliphatic carbocycles. The summed E-state index contributed by atoms with van der Waals surface area (Å²) in [4.78, 5) is 14.7. The molecule has 1 heterocycles. The van der Waals surface area contributed by atoms with Gasteiger partial charge in [-0.25, -0.2) is 8.42 Å². The molecule has 5 nitrogen and oxygen atoms in total. The van der Waals surface area contributed by atoms with Gasteiger partial charge in [-0.3, -0.25) is 9.69 Å². The standard InChI is InChI=1S/C17H26N2O3S/c1-3-11-19(16-9-12-23(21,22)13-10-16)14(2)17(20)18-15-7-5-4-6-8-15/h4-8,14,16H,3,9-13H2,1-2H3,(H,18,20)/t14-/m1/s1. The molecule has 0 bridgehead atoms. The van der Waals surface area contributed by atoms with Crippen LogP contribution in [0.4, 0.5) is 5.69 Å². The first-order valence-electron chi connectivity index (χ1n) is 8.25. The van der Waals surface area contributed by atoms with Crippen LogP contribution >= 0.6 is 0 Å². The highest BCUT2D eigenvalue weighted by Gasteiger charge is 2.32. The maximum atomic E-state index is 12.5. The second-order valence-corrected chi connectivity index (χ2v) is 8.46. The fraction of sp³-hybridized carbons (Fsp3) is 0.588. The average molecular weight is 338 g/mol. The zero-order chi connectivity index (χ0) is 16.9. The van der Waals surface area contributed by atoms with Crippen LogP contribution in [0.1, 0.15) is 33.1 Å². The van der Waals surface area contributed by atoms with Gasteiger partial charge in [-0.05, 0) is 44.9 Å². The fourth-order valence-corrected chi connectivity index (χ4v) is 4.55. The number of anilines is 1. The van der Waals surface area contributed by atoms with E-state index in [2.05, 4.69) is 17.1 Å². The van der Waals surface area contributed by atoms with Crippen molar-refractivity contribution in [2.45, 2.75) is 45.2 Å². The molecule has 1 fully saturated rings. The second kappa shape index (κ2) is 7.93. The van der Waals surface area contributed by atoms with E-state index in [4.69, 9.17) is 0 Å². The summed E-state index contributed by atoms with van der Waals surface area (Å²) in [6, 6.07) is 9.29. The number of sulfone groups is 1. The summed E-state index contributed by atoms with van der Waals surface area (Å²) in [5, 5.41) is 2.94. The number of carbonyl (C=O) groups is 1. The van der Waals surface area contributed by atoms with Crippen LogP contribution in [0.15, 0.2) is 30.3 Å². The molecule has 0 radical (unpaired) electrons. The Bertz CT molecular complexity index is 602. The van der Waals surface area contributed by atoms with Crippen LogP contribution in [0.3, 0.4) is 0 Å². The highest BCUT2D eigenvalue weighted by atomic mass is 32.2. The van der Waals surface area contributed by atoms with E-state index in [0.717, 1.165) is 18.7 Å². The number of nitrogens with one attached hydrogen (secondary N) is 1. The predicted octanol–water partition coefficient (Wildman–Crippen LogP) is 2.30. The van der Waals surface area contributed by atoms with Crippen molar-refractivity contribution >= 4 is 21.4 Å². The first kappa shape index (κ1) is 17.9. The van der Waals surface area contributed by atoms with Crippen LogP contribution in [-0.4, -0.2) is 49.4 Å². The van der Waals surface area contributed by atoms with Gasteiger partial charge in [0.25, 0.3) is 0 Å². The van der Waals surface area contributed by atoms with Crippen LogP contribution in [0.2, 0.25) is 0 Å². The smallest absolute Gasteiger partial charge is 0.241 e. The van der Waals surface area contributed by atoms with Crippen molar-refractivity contribution in [3.8, 4) is 0 Å². The van der Waals surface area contributed by atoms with Gasteiger partial charge >= 0.3 is 0 Å². The third-order valence-corrected chi connectivity index (χ3v) is 6.11. The Kier molecular flexibility index (Phi) is 6.18. The molecule has 0 spiro atoms. The molecule has 0 unspecified atom stereocenters. The molecule has 1 aromatic rings. The zero-order valence-corrected chi connectivity index (χ0v) is 14.7. The lowest BCUT2D eigenvalue weighted by Crippen LogP contribution is -2.50. The van der Waals surface area contributed by atoms with Gasteiger partial charge in [-0.15, -0.1) is 0 Å². The Labute approximate surface area is 139 Å². The summed E-state index contributed by atoms with van der Waals surface area (Å²) in [6.07, 6.45) is 2.17. The van der Waals surface area contributed by atoms with Crippen molar-refractivity contribution < 1.29 is 13.2 Å². The summed E-state index contributed by atoms with van der Waals surface area (Å²) in [5.41, 5.74) is 0.784. The van der Waals surface area contributed by atoms with Gasteiger partial charge in [0.15, 0.2) is 0 Å². The minimum Gasteiger partial charge on any atom is -0.325 e. The van der Waals surface area contributed by atoms with Crippen LogP contribution in [0, 0.1) is 0 Å². The first-order valence-corrected chi connectivity index (χ1v) is 10.1. The molecule has 1 saturated heterocycles. The lowest BCUT2D eigenvalue weighted by atomic mass is 10.1. The van der Waals surface area contributed by atoms with Crippen molar-refractivity contribution in [2.24, 2.45) is 0 Å². The number of rotatable bonds is 6. The van der Waals surface area contributed by atoms with E-state index in [-0.39, 0.29) is 29.5 Å². The summed E-state index contributed by atoms with van der Waals surface area (Å²) in [6.45, 7) is 4.78. The maximum absolute atomic E-state index is 12.5. The Balaban J connectivity index is 2.03. The molecule has 0 saturated carbocycles. The third kappa shape index (κ3) is 5.04. The van der Waals surface area contributed by atoms with Gasteiger partial charge in [0.2, 0.25) is 5.91 Å². The van der Waals surface area contributed by atoms with E-state index in [1.54, 1.807) is 0 Å². The molecule has 6 heteroatoms. The summed E-state index contributed by atoms with van der Waals surface area (Å²) in [5.74, 6) is 0.411. The van der Waals surface area contributed by atoms with Crippen molar-refractivity contribution in [1.82, 2.24) is 4.90 Å². The largest absolute Gasteiger partial charge is 0.325 e. The van der Waals surface area contributed by atoms with E-state index in [1.807, 2.05) is 37.3 Å². The topological polar surface area (TPSA) is 66.5 Å². The number of carbonyl (C=O) groups excluding carboxylic acids is 1.